The molecule has 2 aromatic rings. The normalized spacial score (nSPS) is 9.77. The van der Waals surface area contributed by atoms with Gasteiger partial charge in [-0.25, -0.2) is 0 Å². The Hall–Kier alpha value is -2.08. The minimum atomic E-state index is 0.383. The third kappa shape index (κ3) is 1.18. The molecule has 3 nitrogen and oxygen atoms in total. The van der Waals surface area contributed by atoms with Crippen molar-refractivity contribution in [3.05, 3.63) is 47.3 Å². The van der Waals surface area contributed by atoms with Crippen LogP contribution in [0, 0.1) is 16.5 Å². The smallest absolute Gasteiger partial charge is 0.223 e. The molecule has 0 fully saturated rings. The Morgan fingerprint density at radius 1 is 1.31 bits per heavy atom. The first-order valence-corrected chi connectivity index (χ1v) is 3.83. The largest absolute Gasteiger partial charge is 0.618 e. The fourth-order valence-electron chi connectivity index (χ4n) is 1.27. The fourth-order valence-corrected chi connectivity index (χ4v) is 1.27. The average Bonchev–Trinajstić information content (AvgIpc) is 2.18. The van der Waals surface area contributed by atoms with E-state index >= 15 is 0 Å². The molecule has 0 unspecified atom stereocenters. The molecule has 0 saturated carbocycles. The van der Waals surface area contributed by atoms with Crippen molar-refractivity contribution in [2.45, 2.75) is 0 Å². The van der Waals surface area contributed by atoms with E-state index in [0.717, 1.165) is 5.39 Å². The highest BCUT2D eigenvalue weighted by molar-refractivity contribution is 5.76. The van der Waals surface area contributed by atoms with Crippen LogP contribution in [-0.4, -0.2) is 0 Å². The van der Waals surface area contributed by atoms with Crippen LogP contribution in [0.2, 0.25) is 0 Å². The van der Waals surface area contributed by atoms with E-state index in [0.29, 0.717) is 15.8 Å². The SMILES string of the molecule is N#Cc1cc2ccccc2[n+]([O-])c1. The summed E-state index contributed by atoms with van der Waals surface area (Å²) in [6, 6.07) is 10.8. The maximum Gasteiger partial charge on any atom is 0.223 e. The molecule has 0 saturated heterocycles. The van der Waals surface area contributed by atoms with Gasteiger partial charge in [0, 0.05) is 11.5 Å². The number of benzene rings is 1. The predicted molar refractivity (Wildman–Crippen MR) is 47.6 cm³/mol. The lowest BCUT2D eigenvalue weighted by atomic mass is 10.2. The molecule has 0 bridgehead atoms. The summed E-state index contributed by atoms with van der Waals surface area (Å²) in [7, 11) is 0. The van der Waals surface area contributed by atoms with Crippen LogP contribution in [0.25, 0.3) is 10.9 Å². The molecule has 0 aliphatic carbocycles. The van der Waals surface area contributed by atoms with Gasteiger partial charge in [-0.05, 0) is 12.1 Å². The van der Waals surface area contributed by atoms with Gasteiger partial charge in [-0.15, -0.1) is 0 Å². The van der Waals surface area contributed by atoms with E-state index in [-0.39, 0.29) is 0 Å². The molecule has 13 heavy (non-hydrogen) atoms. The molecule has 0 N–H and O–H groups in total. The lowest BCUT2D eigenvalue weighted by Gasteiger charge is -2.00. The van der Waals surface area contributed by atoms with Gasteiger partial charge in [-0.2, -0.15) is 9.99 Å². The predicted octanol–water partition coefficient (Wildman–Crippen LogP) is 1.34. The second-order valence-corrected chi connectivity index (χ2v) is 2.73. The topological polar surface area (TPSA) is 50.7 Å². The van der Waals surface area contributed by atoms with Crippen molar-refractivity contribution in [1.29, 1.82) is 5.26 Å². The Labute approximate surface area is 75.0 Å². The van der Waals surface area contributed by atoms with Gasteiger partial charge in [0.15, 0.2) is 6.20 Å². The number of fused-ring (bicyclic) bond motifs is 1. The number of hydrogen-bond donors (Lipinski definition) is 0. The van der Waals surface area contributed by atoms with Crippen molar-refractivity contribution in [1.82, 2.24) is 0 Å². The average molecular weight is 170 g/mol. The van der Waals surface area contributed by atoms with Crippen molar-refractivity contribution in [2.24, 2.45) is 0 Å². The van der Waals surface area contributed by atoms with E-state index in [9.17, 15) is 5.21 Å². The molecule has 3 heteroatoms. The van der Waals surface area contributed by atoms with E-state index in [1.54, 1.807) is 18.2 Å². The Bertz CT molecular complexity index is 500. The number of para-hydroxylation sites is 1. The highest BCUT2D eigenvalue weighted by Crippen LogP contribution is 2.10. The van der Waals surface area contributed by atoms with Gasteiger partial charge < -0.3 is 5.21 Å². The van der Waals surface area contributed by atoms with E-state index < -0.39 is 0 Å². The van der Waals surface area contributed by atoms with Gasteiger partial charge in [-0.1, -0.05) is 12.1 Å². The lowest BCUT2D eigenvalue weighted by molar-refractivity contribution is -0.577. The number of nitriles is 1. The van der Waals surface area contributed by atoms with Crippen LogP contribution in [0.5, 0.6) is 0 Å². The molecular weight excluding hydrogens is 164 g/mol. The van der Waals surface area contributed by atoms with Crippen molar-refractivity contribution in [3.8, 4) is 6.07 Å². The van der Waals surface area contributed by atoms with Crippen LogP contribution in [0.15, 0.2) is 36.5 Å². The van der Waals surface area contributed by atoms with E-state index in [1.165, 1.54) is 6.20 Å². The van der Waals surface area contributed by atoms with Gasteiger partial charge >= 0.3 is 0 Å². The van der Waals surface area contributed by atoms with Crippen molar-refractivity contribution >= 4 is 10.9 Å². The summed E-state index contributed by atoms with van der Waals surface area (Å²) < 4.78 is 0.716. The Kier molecular flexibility index (Phi) is 1.60. The van der Waals surface area contributed by atoms with Crippen LogP contribution in [0.3, 0.4) is 0 Å². The first-order valence-electron chi connectivity index (χ1n) is 3.83. The van der Waals surface area contributed by atoms with Crippen LogP contribution in [-0.2, 0) is 0 Å². The summed E-state index contributed by atoms with van der Waals surface area (Å²) in [5, 5.41) is 20.7. The number of nitrogens with zero attached hydrogens (tertiary/aromatic N) is 2. The van der Waals surface area contributed by atoms with Gasteiger partial charge in [0.05, 0.1) is 0 Å². The number of hydrogen-bond acceptors (Lipinski definition) is 2. The molecular formula is C10H6N2O. The molecule has 1 aromatic heterocycles. The highest BCUT2D eigenvalue weighted by Gasteiger charge is 2.04. The summed E-state index contributed by atoms with van der Waals surface area (Å²) in [6.45, 7) is 0. The molecule has 0 spiro atoms. The quantitative estimate of drug-likeness (QED) is 0.442. The number of aromatic nitrogens is 1. The summed E-state index contributed by atoms with van der Waals surface area (Å²) in [6.07, 6.45) is 1.28. The minimum Gasteiger partial charge on any atom is -0.618 e. The van der Waals surface area contributed by atoms with Crippen LogP contribution in [0.4, 0.5) is 0 Å². The fraction of sp³-hybridized carbons (Fsp3) is 0. The summed E-state index contributed by atoms with van der Waals surface area (Å²) >= 11 is 0. The molecule has 62 valence electrons. The molecule has 0 radical (unpaired) electrons. The van der Waals surface area contributed by atoms with E-state index in [4.69, 9.17) is 5.26 Å². The molecule has 0 aliphatic rings. The zero-order chi connectivity index (χ0) is 9.26. The number of pyridine rings is 1. The van der Waals surface area contributed by atoms with Gasteiger partial charge in [0.1, 0.15) is 11.6 Å². The van der Waals surface area contributed by atoms with Crippen LogP contribution >= 0.6 is 0 Å². The molecule has 0 atom stereocenters. The molecule has 0 amide bonds. The Morgan fingerprint density at radius 2 is 2.08 bits per heavy atom. The summed E-state index contributed by atoms with van der Waals surface area (Å²) in [5.74, 6) is 0. The molecule has 1 aromatic carbocycles. The lowest BCUT2D eigenvalue weighted by Crippen LogP contribution is -2.26. The minimum absolute atomic E-state index is 0.383. The van der Waals surface area contributed by atoms with Gasteiger partial charge in [0.25, 0.3) is 0 Å². The highest BCUT2D eigenvalue weighted by atomic mass is 16.5. The maximum atomic E-state index is 11.3. The molecule has 1 heterocycles. The Balaban J connectivity index is 2.86. The zero-order valence-corrected chi connectivity index (χ0v) is 6.77. The third-order valence-electron chi connectivity index (χ3n) is 1.87. The summed E-state index contributed by atoms with van der Waals surface area (Å²) in [5.41, 5.74) is 0.968. The maximum absolute atomic E-state index is 11.3. The second-order valence-electron chi connectivity index (χ2n) is 2.73. The van der Waals surface area contributed by atoms with Crippen molar-refractivity contribution in [2.75, 3.05) is 0 Å². The standard InChI is InChI=1S/C10H6N2O/c11-6-8-5-9-3-1-2-4-10(9)12(13)7-8/h1-5,7H. The van der Waals surface area contributed by atoms with Crippen molar-refractivity contribution < 1.29 is 4.73 Å². The van der Waals surface area contributed by atoms with Crippen molar-refractivity contribution in [3.63, 3.8) is 0 Å². The first-order chi connectivity index (χ1) is 6.31. The molecule has 2 rings (SSSR count). The van der Waals surface area contributed by atoms with Gasteiger partial charge in [0.2, 0.25) is 5.52 Å². The first kappa shape index (κ1) is 7.56. The monoisotopic (exact) mass is 170 g/mol. The summed E-state index contributed by atoms with van der Waals surface area (Å²) in [4.78, 5) is 0. The second kappa shape index (κ2) is 2.76. The van der Waals surface area contributed by atoms with E-state index in [1.807, 2.05) is 18.2 Å². The third-order valence-corrected chi connectivity index (χ3v) is 1.87. The van der Waals surface area contributed by atoms with Crippen LogP contribution in [0.1, 0.15) is 5.56 Å². The zero-order valence-electron chi connectivity index (χ0n) is 6.77. The Morgan fingerprint density at radius 3 is 2.85 bits per heavy atom. The van der Waals surface area contributed by atoms with Crippen LogP contribution < -0.4 is 4.73 Å². The van der Waals surface area contributed by atoms with E-state index in [2.05, 4.69) is 0 Å². The van der Waals surface area contributed by atoms with Gasteiger partial charge in [-0.3, -0.25) is 0 Å². The number of rotatable bonds is 0. The molecule has 0 aliphatic heterocycles.